The SMILES string of the molecule is O=C(NCc1cn2ccsc2n1)C1CCOc2ccccc2C1. The minimum absolute atomic E-state index is 0.0533. The number of para-hydroxylation sites is 1. The van der Waals surface area contributed by atoms with Gasteiger partial charge in [-0.05, 0) is 24.5 Å². The fourth-order valence-electron chi connectivity index (χ4n) is 2.90. The summed E-state index contributed by atoms with van der Waals surface area (Å²) in [5.74, 6) is 0.918. The first-order chi connectivity index (χ1) is 11.3. The zero-order valence-electron chi connectivity index (χ0n) is 12.6. The van der Waals surface area contributed by atoms with Crippen LogP contribution in [0.15, 0.2) is 42.0 Å². The lowest BCUT2D eigenvalue weighted by Gasteiger charge is -2.13. The van der Waals surface area contributed by atoms with Crippen molar-refractivity contribution in [3.05, 3.63) is 53.3 Å². The topological polar surface area (TPSA) is 55.6 Å². The van der Waals surface area contributed by atoms with Crippen LogP contribution in [-0.2, 0) is 17.8 Å². The normalized spacial score (nSPS) is 17.3. The Morgan fingerprint density at radius 1 is 1.43 bits per heavy atom. The third kappa shape index (κ3) is 2.94. The second-order valence-corrected chi connectivity index (χ2v) is 6.56. The highest BCUT2D eigenvalue weighted by molar-refractivity contribution is 7.15. The molecule has 0 radical (unpaired) electrons. The number of carbonyl (C=O) groups excluding carboxylic acids is 1. The number of benzene rings is 1. The quantitative estimate of drug-likeness (QED) is 0.804. The maximum atomic E-state index is 12.5. The van der Waals surface area contributed by atoms with Gasteiger partial charge in [0.15, 0.2) is 4.96 Å². The van der Waals surface area contributed by atoms with Gasteiger partial charge in [-0.25, -0.2) is 4.98 Å². The number of hydrogen-bond acceptors (Lipinski definition) is 4. The average molecular weight is 327 g/mol. The van der Waals surface area contributed by atoms with E-state index >= 15 is 0 Å². The van der Waals surface area contributed by atoms with Gasteiger partial charge in [-0.3, -0.25) is 9.20 Å². The summed E-state index contributed by atoms with van der Waals surface area (Å²) in [6, 6.07) is 7.95. The van der Waals surface area contributed by atoms with Crippen LogP contribution in [0.4, 0.5) is 0 Å². The highest BCUT2D eigenvalue weighted by atomic mass is 32.1. The van der Waals surface area contributed by atoms with Crippen LogP contribution in [0.25, 0.3) is 4.96 Å². The number of hydrogen-bond donors (Lipinski definition) is 1. The number of nitrogens with zero attached hydrogens (tertiary/aromatic N) is 2. The maximum Gasteiger partial charge on any atom is 0.223 e. The summed E-state index contributed by atoms with van der Waals surface area (Å²) in [5.41, 5.74) is 1.99. The predicted molar refractivity (Wildman–Crippen MR) is 88.7 cm³/mol. The van der Waals surface area contributed by atoms with Crippen molar-refractivity contribution in [3.8, 4) is 5.75 Å². The van der Waals surface area contributed by atoms with Crippen molar-refractivity contribution in [1.29, 1.82) is 0 Å². The fourth-order valence-corrected chi connectivity index (χ4v) is 3.62. The summed E-state index contributed by atoms with van der Waals surface area (Å²) in [6.45, 7) is 1.04. The average Bonchev–Trinajstić information content (AvgIpc) is 3.07. The van der Waals surface area contributed by atoms with Crippen molar-refractivity contribution in [2.75, 3.05) is 6.61 Å². The van der Waals surface area contributed by atoms with E-state index in [1.54, 1.807) is 11.3 Å². The van der Waals surface area contributed by atoms with Gasteiger partial charge in [-0.15, -0.1) is 11.3 Å². The molecule has 4 rings (SSSR count). The molecule has 118 valence electrons. The number of fused-ring (bicyclic) bond motifs is 2. The number of rotatable bonds is 3. The predicted octanol–water partition coefficient (Wildman–Crippen LogP) is 2.65. The van der Waals surface area contributed by atoms with Gasteiger partial charge in [-0.2, -0.15) is 0 Å². The summed E-state index contributed by atoms with van der Waals surface area (Å²) >= 11 is 1.59. The van der Waals surface area contributed by atoms with E-state index < -0.39 is 0 Å². The third-order valence-corrected chi connectivity index (χ3v) is 4.89. The lowest BCUT2D eigenvalue weighted by Crippen LogP contribution is -2.31. The van der Waals surface area contributed by atoms with Crippen LogP contribution in [0.3, 0.4) is 0 Å². The van der Waals surface area contributed by atoms with Crippen LogP contribution in [0.1, 0.15) is 17.7 Å². The first-order valence-electron chi connectivity index (χ1n) is 7.69. The van der Waals surface area contributed by atoms with Crippen LogP contribution >= 0.6 is 11.3 Å². The number of aromatic nitrogens is 2. The molecule has 0 saturated carbocycles. The Labute approximate surface area is 137 Å². The molecule has 0 spiro atoms. The molecule has 0 saturated heterocycles. The van der Waals surface area contributed by atoms with Crippen LogP contribution < -0.4 is 10.1 Å². The molecule has 1 unspecified atom stereocenters. The Balaban J connectivity index is 1.41. The third-order valence-electron chi connectivity index (χ3n) is 4.12. The van der Waals surface area contributed by atoms with Crippen LogP contribution in [0.5, 0.6) is 5.75 Å². The fraction of sp³-hybridized carbons (Fsp3) is 0.294. The molecule has 0 aliphatic carbocycles. The number of nitrogens with one attached hydrogen (secondary N) is 1. The van der Waals surface area contributed by atoms with Crippen molar-refractivity contribution >= 4 is 22.2 Å². The molecule has 1 aliphatic rings. The van der Waals surface area contributed by atoms with E-state index in [-0.39, 0.29) is 11.8 Å². The first-order valence-corrected chi connectivity index (χ1v) is 8.57. The Hall–Kier alpha value is -2.34. The standard InChI is InChI=1S/C17H17N3O2S/c21-16(18-10-14-11-20-6-8-23-17(20)19-14)13-5-7-22-15-4-2-1-3-12(15)9-13/h1-4,6,8,11,13H,5,7,9-10H2,(H,18,21). The van der Waals surface area contributed by atoms with Crippen molar-refractivity contribution in [3.63, 3.8) is 0 Å². The monoisotopic (exact) mass is 327 g/mol. The molecule has 1 atom stereocenters. The van der Waals surface area contributed by atoms with Crippen molar-refractivity contribution in [2.24, 2.45) is 5.92 Å². The highest BCUT2D eigenvalue weighted by Crippen LogP contribution is 2.26. The van der Waals surface area contributed by atoms with Crippen molar-refractivity contribution < 1.29 is 9.53 Å². The summed E-state index contributed by atoms with van der Waals surface area (Å²) < 4.78 is 7.70. The minimum atomic E-state index is -0.0533. The van der Waals surface area contributed by atoms with Gasteiger partial charge in [0.2, 0.25) is 5.91 Å². The molecule has 1 amide bonds. The smallest absolute Gasteiger partial charge is 0.223 e. The molecule has 1 aliphatic heterocycles. The first kappa shape index (κ1) is 14.3. The molecule has 23 heavy (non-hydrogen) atoms. The van der Waals surface area contributed by atoms with Crippen molar-refractivity contribution in [2.45, 2.75) is 19.4 Å². The number of thiazole rings is 1. The summed E-state index contributed by atoms with van der Waals surface area (Å²) in [4.78, 5) is 17.9. The van der Waals surface area contributed by atoms with E-state index in [1.807, 2.05) is 46.4 Å². The van der Waals surface area contributed by atoms with Crippen LogP contribution in [-0.4, -0.2) is 21.9 Å². The Kier molecular flexibility index (Phi) is 3.75. The lowest BCUT2D eigenvalue weighted by atomic mass is 9.96. The van der Waals surface area contributed by atoms with Gasteiger partial charge in [0.05, 0.1) is 18.8 Å². The minimum Gasteiger partial charge on any atom is -0.493 e. The van der Waals surface area contributed by atoms with Gasteiger partial charge in [0.1, 0.15) is 5.75 Å². The van der Waals surface area contributed by atoms with E-state index in [0.29, 0.717) is 13.2 Å². The van der Waals surface area contributed by atoms with Crippen LogP contribution in [0.2, 0.25) is 0 Å². The molecule has 0 bridgehead atoms. The van der Waals surface area contributed by atoms with Gasteiger partial charge in [0.25, 0.3) is 0 Å². The Morgan fingerprint density at radius 3 is 3.26 bits per heavy atom. The number of amides is 1. The molecule has 2 aromatic heterocycles. The molecule has 6 heteroatoms. The molecule has 5 nitrogen and oxygen atoms in total. The number of ether oxygens (including phenoxy) is 1. The largest absolute Gasteiger partial charge is 0.493 e. The molecule has 3 aromatic rings. The molecular weight excluding hydrogens is 310 g/mol. The van der Waals surface area contributed by atoms with Crippen molar-refractivity contribution in [1.82, 2.24) is 14.7 Å². The number of carbonyl (C=O) groups is 1. The molecule has 1 aromatic carbocycles. The van der Waals surface area contributed by atoms with E-state index in [1.165, 1.54) is 0 Å². The maximum absolute atomic E-state index is 12.5. The number of imidazole rings is 1. The summed E-state index contributed by atoms with van der Waals surface area (Å²) in [5, 5.41) is 5.01. The zero-order valence-corrected chi connectivity index (χ0v) is 13.4. The van der Waals surface area contributed by atoms with Crippen LogP contribution in [0, 0.1) is 5.92 Å². The van der Waals surface area contributed by atoms with E-state index in [0.717, 1.165) is 34.8 Å². The van der Waals surface area contributed by atoms with E-state index in [2.05, 4.69) is 10.3 Å². The van der Waals surface area contributed by atoms with Gasteiger partial charge >= 0.3 is 0 Å². The van der Waals surface area contributed by atoms with Gasteiger partial charge in [-0.1, -0.05) is 18.2 Å². The zero-order chi connectivity index (χ0) is 15.6. The summed E-state index contributed by atoms with van der Waals surface area (Å²) in [6.07, 6.45) is 5.38. The molecular formula is C17H17N3O2S. The van der Waals surface area contributed by atoms with Gasteiger partial charge < -0.3 is 10.1 Å². The summed E-state index contributed by atoms with van der Waals surface area (Å²) in [7, 11) is 0. The van der Waals surface area contributed by atoms with Gasteiger partial charge in [0, 0.05) is 23.7 Å². The second kappa shape index (κ2) is 6.04. The van der Waals surface area contributed by atoms with E-state index in [4.69, 9.17) is 4.74 Å². The molecule has 1 N–H and O–H groups in total. The molecule has 0 fully saturated rings. The Bertz CT molecular complexity index is 811. The Morgan fingerprint density at radius 2 is 2.35 bits per heavy atom. The highest BCUT2D eigenvalue weighted by Gasteiger charge is 2.23. The van der Waals surface area contributed by atoms with E-state index in [9.17, 15) is 4.79 Å². The molecule has 3 heterocycles. The second-order valence-electron chi connectivity index (χ2n) is 5.69. The lowest BCUT2D eigenvalue weighted by molar-refractivity contribution is -0.125.